The van der Waals surface area contributed by atoms with Gasteiger partial charge in [0.05, 0.1) is 5.54 Å². The summed E-state index contributed by atoms with van der Waals surface area (Å²) in [5, 5.41) is 2.79. The van der Waals surface area contributed by atoms with E-state index in [-0.39, 0.29) is 5.91 Å². The van der Waals surface area contributed by atoms with Crippen LogP contribution in [0.5, 0.6) is 0 Å². The Morgan fingerprint density at radius 2 is 2.29 bits per heavy atom. The van der Waals surface area contributed by atoms with Crippen LogP contribution in [0.15, 0.2) is 0 Å². The first-order chi connectivity index (χ1) is 6.40. The summed E-state index contributed by atoms with van der Waals surface area (Å²) < 4.78 is 5.41. The van der Waals surface area contributed by atoms with Gasteiger partial charge in [-0.3, -0.25) is 4.79 Å². The van der Waals surface area contributed by atoms with Crippen molar-refractivity contribution in [3.8, 4) is 12.3 Å². The first-order valence-corrected chi connectivity index (χ1v) is 4.84. The quantitative estimate of drug-likeness (QED) is 0.670. The van der Waals surface area contributed by atoms with E-state index in [2.05, 4.69) is 11.2 Å². The SMILES string of the molecule is C#CC(C)(C)NC(=O)C1(C)CCCO1. The number of amides is 1. The van der Waals surface area contributed by atoms with Gasteiger partial charge < -0.3 is 10.1 Å². The van der Waals surface area contributed by atoms with Crippen molar-refractivity contribution in [3.05, 3.63) is 0 Å². The molecule has 1 fully saturated rings. The molecule has 1 heterocycles. The van der Waals surface area contributed by atoms with Crippen LogP contribution < -0.4 is 5.32 Å². The van der Waals surface area contributed by atoms with Crippen LogP contribution in [0.4, 0.5) is 0 Å². The fourth-order valence-electron chi connectivity index (χ4n) is 1.41. The molecule has 0 spiro atoms. The first kappa shape index (κ1) is 11.1. The van der Waals surface area contributed by atoms with Crippen molar-refractivity contribution >= 4 is 5.91 Å². The normalized spacial score (nSPS) is 27.0. The summed E-state index contributed by atoms with van der Waals surface area (Å²) in [6.07, 6.45) is 6.99. The van der Waals surface area contributed by atoms with Crippen molar-refractivity contribution in [2.24, 2.45) is 0 Å². The summed E-state index contributed by atoms with van der Waals surface area (Å²) in [6.45, 7) is 6.05. The molecule has 0 bridgehead atoms. The van der Waals surface area contributed by atoms with Crippen LogP contribution >= 0.6 is 0 Å². The highest BCUT2D eigenvalue weighted by atomic mass is 16.5. The highest BCUT2D eigenvalue weighted by Gasteiger charge is 2.39. The summed E-state index contributed by atoms with van der Waals surface area (Å²) in [7, 11) is 0. The summed E-state index contributed by atoms with van der Waals surface area (Å²) in [4.78, 5) is 11.8. The summed E-state index contributed by atoms with van der Waals surface area (Å²) in [5.41, 5.74) is -1.29. The van der Waals surface area contributed by atoms with E-state index in [9.17, 15) is 4.79 Å². The molecular weight excluding hydrogens is 178 g/mol. The van der Waals surface area contributed by atoms with Crippen LogP contribution in [-0.2, 0) is 9.53 Å². The van der Waals surface area contributed by atoms with E-state index in [0.717, 1.165) is 12.8 Å². The van der Waals surface area contributed by atoms with Gasteiger partial charge in [-0.2, -0.15) is 0 Å². The van der Waals surface area contributed by atoms with Gasteiger partial charge in [-0.1, -0.05) is 5.92 Å². The average molecular weight is 195 g/mol. The van der Waals surface area contributed by atoms with Crippen molar-refractivity contribution in [1.82, 2.24) is 5.32 Å². The van der Waals surface area contributed by atoms with E-state index in [0.29, 0.717) is 6.61 Å². The predicted octanol–water partition coefficient (Wildman–Crippen LogP) is 1.08. The summed E-state index contributed by atoms with van der Waals surface area (Å²) in [5.74, 6) is 2.41. The maximum atomic E-state index is 11.8. The zero-order valence-electron chi connectivity index (χ0n) is 9.02. The molecule has 1 amide bonds. The maximum Gasteiger partial charge on any atom is 0.253 e. The van der Waals surface area contributed by atoms with Gasteiger partial charge in [-0.05, 0) is 33.6 Å². The average Bonchev–Trinajstić information content (AvgIpc) is 2.53. The second-order valence-corrected chi connectivity index (χ2v) is 4.41. The van der Waals surface area contributed by atoms with Gasteiger partial charge in [-0.15, -0.1) is 6.42 Å². The molecule has 1 aliphatic rings. The number of rotatable bonds is 2. The molecule has 0 radical (unpaired) electrons. The molecule has 3 nitrogen and oxygen atoms in total. The molecule has 0 aliphatic carbocycles. The Morgan fingerprint density at radius 3 is 2.71 bits per heavy atom. The zero-order chi connectivity index (χ0) is 10.8. The van der Waals surface area contributed by atoms with E-state index >= 15 is 0 Å². The first-order valence-electron chi connectivity index (χ1n) is 4.84. The van der Waals surface area contributed by atoms with Crippen LogP contribution in [0.25, 0.3) is 0 Å². The van der Waals surface area contributed by atoms with E-state index in [1.54, 1.807) is 13.8 Å². The highest BCUT2D eigenvalue weighted by molar-refractivity contribution is 5.86. The second kappa shape index (κ2) is 3.62. The van der Waals surface area contributed by atoms with Crippen molar-refractivity contribution in [2.45, 2.75) is 44.8 Å². The monoisotopic (exact) mass is 195 g/mol. The molecule has 3 heteroatoms. The third kappa shape index (κ3) is 2.27. The molecule has 1 saturated heterocycles. The smallest absolute Gasteiger partial charge is 0.253 e. The minimum Gasteiger partial charge on any atom is -0.365 e. The molecule has 14 heavy (non-hydrogen) atoms. The van der Waals surface area contributed by atoms with Crippen molar-refractivity contribution in [1.29, 1.82) is 0 Å². The minimum absolute atomic E-state index is 0.113. The largest absolute Gasteiger partial charge is 0.365 e. The molecule has 1 unspecified atom stereocenters. The molecule has 1 rings (SSSR count). The van der Waals surface area contributed by atoms with Crippen LogP contribution in [0, 0.1) is 12.3 Å². The summed E-state index contributed by atoms with van der Waals surface area (Å²) >= 11 is 0. The predicted molar refractivity (Wildman–Crippen MR) is 54.6 cm³/mol. The van der Waals surface area contributed by atoms with Crippen molar-refractivity contribution in [3.63, 3.8) is 0 Å². The standard InChI is InChI=1S/C11H17NO2/c1-5-10(2,3)12-9(13)11(4)7-6-8-14-11/h1H,6-8H2,2-4H3,(H,12,13). The summed E-state index contributed by atoms with van der Waals surface area (Å²) in [6, 6.07) is 0. The Bertz CT molecular complexity index is 270. The van der Waals surface area contributed by atoms with E-state index < -0.39 is 11.1 Å². The Morgan fingerprint density at radius 1 is 1.64 bits per heavy atom. The number of terminal acetylenes is 1. The fourth-order valence-corrected chi connectivity index (χ4v) is 1.41. The van der Waals surface area contributed by atoms with Gasteiger partial charge in [0.25, 0.3) is 5.91 Å². The van der Waals surface area contributed by atoms with Gasteiger partial charge >= 0.3 is 0 Å². The Labute approximate surface area is 85.2 Å². The number of hydrogen-bond acceptors (Lipinski definition) is 2. The molecule has 0 aromatic carbocycles. The van der Waals surface area contributed by atoms with Gasteiger partial charge in [0.2, 0.25) is 0 Å². The molecule has 1 atom stereocenters. The fraction of sp³-hybridized carbons (Fsp3) is 0.727. The Kier molecular flexibility index (Phi) is 2.86. The lowest BCUT2D eigenvalue weighted by atomic mass is 9.99. The number of carbonyl (C=O) groups is 1. The third-order valence-electron chi connectivity index (χ3n) is 2.49. The number of hydrogen-bond donors (Lipinski definition) is 1. The number of nitrogens with one attached hydrogen (secondary N) is 1. The Hall–Kier alpha value is -1.01. The topological polar surface area (TPSA) is 38.3 Å². The van der Waals surface area contributed by atoms with Crippen molar-refractivity contribution in [2.75, 3.05) is 6.61 Å². The van der Waals surface area contributed by atoms with E-state index in [1.165, 1.54) is 0 Å². The van der Waals surface area contributed by atoms with Crippen LogP contribution in [0.3, 0.4) is 0 Å². The van der Waals surface area contributed by atoms with Crippen LogP contribution in [0.2, 0.25) is 0 Å². The van der Waals surface area contributed by atoms with Crippen molar-refractivity contribution < 1.29 is 9.53 Å². The molecular formula is C11H17NO2. The lowest BCUT2D eigenvalue weighted by Crippen LogP contribution is -2.52. The van der Waals surface area contributed by atoms with E-state index in [4.69, 9.17) is 11.2 Å². The molecule has 0 saturated carbocycles. The number of carbonyl (C=O) groups excluding carboxylic acids is 1. The van der Waals surface area contributed by atoms with Gasteiger partial charge in [0.15, 0.2) is 0 Å². The lowest BCUT2D eigenvalue weighted by Gasteiger charge is -2.27. The molecule has 1 aliphatic heterocycles. The van der Waals surface area contributed by atoms with Gasteiger partial charge in [0, 0.05) is 6.61 Å². The molecule has 0 aromatic rings. The van der Waals surface area contributed by atoms with Gasteiger partial charge in [-0.25, -0.2) is 0 Å². The molecule has 78 valence electrons. The van der Waals surface area contributed by atoms with Crippen LogP contribution in [-0.4, -0.2) is 23.7 Å². The second-order valence-electron chi connectivity index (χ2n) is 4.41. The van der Waals surface area contributed by atoms with Crippen LogP contribution in [0.1, 0.15) is 33.6 Å². The minimum atomic E-state index is -0.686. The highest BCUT2D eigenvalue weighted by Crippen LogP contribution is 2.25. The third-order valence-corrected chi connectivity index (χ3v) is 2.49. The maximum absolute atomic E-state index is 11.8. The Balaban J connectivity index is 2.63. The number of ether oxygens (including phenoxy) is 1. The molecule has 0 aromatic heterocycles. The zero-order valence-corrected chi connectivity index (χ0v) is 9.02. The lowest BCUT2D eigenvalue weighted by molar-refractivity contribution is -0.140. The molecule has 1 N–H and O–H groups in total. The van der Waals surface area contributed by atoms with Gasteiger partial charge in [0.1, 0.15) is 5.60 Å². The van der Waals surface area contributed by atoms with E-state index in [1.807, 2.05) is 6.92 Å².